The molecular weight excluding hydrogens is 274 g/mol. The van der Waals surface area contributed by atoms with E-state index in [9.17, 15) is 9.59 Å². The van der Waals surface area contributed by atoms with E-state index in [1.807, 2.05) is 6.92 Å². The molecule has 0 bridgehead atoms. The van der Waals surface area contributed by atoms with Crippen molar-refractivity contribution in [3.8, 4) is 0 Å². The van der Waals surface area contributed by atoms with Gasteiger partial charge in [0.2, 0.25) is 11.8 Å². The summed E-state index contributed by atoms with van der Waals surface area (Å²) in [6.45, 7) is 4.75. The van der Waals surface area contributed by atoms with E-state index in [0.29, 0.717) is 13.1 Å². The molecule has 0 aromatic carbocycles. The van der Waals surface area contributed by atoms with E-state index in [-0.39, 0.29) is 34.8 Å². The first-order valence-electron chi connectivity index (χ1n) is 5.41. The number of nitrogens with two attached hydrogens (primary N) is 1. The molecule has 2 atom stereocenters. The Bertz CT molecular complexity index is 258. The van der Waals surface area contributed by atoms with Crippen LogP contribution in [0.25, 0.3) is 0 Å². The van der Waals surface area contributed by atoms with E-state index < -0.39 is 6.04 Å². The van der Waals surface area contributed by atoms with Gasteiger partial charge in [-0.05, 0) is 26.7 Å². The number of hydrogen-bond acceptors (Lipinski definition) is 3. The first-order chi connectivity index (χ1) is 7.07. The van der Waals surface area contributed by atoms with Gasteiger partial charge in [0.05, 0.1) is 6.04 Å². The average molecular weight is 294 g/mol. The van der Waals surface area contributed by atoms with Crippen molar-refractivity contribution in [2.24, 2.45) is 5.73 Å². The molecule has 0 spiro atoms. The van der Waals surface area contributed by atoms with E-state index in [2.05, 4.69) is 5.32 Å². The number of nitrogens with zero attached hydrogens (tertiary/aromatic N) is 1. The second-order valence-corrected chi connectivity index (χ2v) is 3.87. The normalized spacial score (nSPS) is 21.2. The summed E-state index contributed by atoms with van der Waals surface area (Å²) in [6, 6.07) is -0.844. The van der Waals surface area contributed by atoms with Crippen LogP contribution in [0.5, 0.6) is 0 Å². The fourth-order valence-electron chi connectivity index (χ4n) is 1.86. The predicted molar refractivity (Wildman–Crippen MR) is 67.4 cm³/mol. The highest BCUT2D eigenvalue weighted by Gasteiger charge is 2.34. The lowest BCUT2D eigenvalue weighted by Gasteiger charge is -2.25. The molecular formula is C10H20BrN3O2. The molecule has 2 amide bonds. The van der Waals surface area contributed by atoms with Crippen LogP contribution in [0.3, 0.4) is 0 Å². The Balaban J connectivity index is 0.00000225. The number of likely N-dealkylation sites (N-methyl/N-ethyl adjacent to an activating group) is 1. The van der Waals surface area contributed by atoms with Gasteiger partial charge >= 0.3 is 0 Å². The maximum absolute atomic E-state index is 11.7. The molecule has 6 heteroatoms. The molecule has 1 rings (SSSR count). The molecule has 1 aliphatic heterocycles. The molecule has 1 saturated heterocycles. The van der Waals surface area contributed by atoms with Crippen LogP contribution in [0.1, 0.15) is 26.7 Å². The highest BCUT2D eigenvalue weighted by Crippen LogP contribution is 2.18. The molecule has 5 nitrogen and oxygen atoms in total. The topological polar surface area (TPSA) is 75.4 Å². The Morgan fingerprint density at radius 1 is 1.56 bits per heavy atom. The van der Waals surface area contributed by atoms with Crippen LogP contribution < -0.4 is 11.1 Å². The summed E-state index contributed by atoms with van der Waals surface area (Å²) < 4.78 is 0. The molecule has 1 fully saturated rings. The van der Waals surface area contributed by atoms with E-state index >= 15 is 0 Å². The third kappa shape index (κ3) is 3.45. The number of nitrogens with one attached hydrogen (secondary N) is 1. The van der Waals surface area contributed by atoms with E-state index in [1.165, 1.54) is 0 Å². The van der Waals surface area contributed by atoms with Crippen molar-refractivity contribution in [3.05, 3.63) is 0 Å². The summed E-state index contributed by atoms with van der Waals surface area (Å²) in [7, 11) is 0. The summed E-state index contributed by atoms with van der Waals surface area (Å²) in [5, 5.41) is 2.74. The summed E-state index contributed by atoms with van der Waals surface area (Å²) in [6.07, 6.45) is 1.62. The zero-order valence-corrected chi connectivity index (χ0v) is 11.4. The van der Waals surface area contributed by atoms with Crippen molar-refractivity contribution in [2.75, 3.05) is 13.1 Å². The SMILES string of the molecule is Br.CCNC(=O)[C@@H]1CCCN1C(=O)[C@H](C)N. The van der Waals surface area contributed by atoms with Gasteiger partial charge in [-0.25, -0.2) is 0 Å². The van der Waals surface area contributed by atoms with Crippen LogP contribution in [-0.2, 0) is 9.59 Å². The number of hydrogen-bond donors (Lipinski definition) is 2. The van der Waals surface area contributed by atoms with Crippen LogP contribution in [0.2, 0.25) is 0 Å². The number of likely N-dealkylation sites (tertiary alicyclic amines) is 1. The van der Waals surface area contributed by atoms with Crippen molar-refractivity contribution in [1.29, 1.82) is 0 Å². The third-order valence-electron chi connectivity index (χ3n) is 2.58. The largest absolute Gasteiger partial charge is 0.355 e. The fraction of sp³-hybridized carbons (Fsp3) is 0.800. The van der Waals surface area contributed by atoms with Gasteiger partial charge in [-0.2, -0.15) is 0 Å². The van der Waals surface area contributed by atoms with E-state index in [0.717, 1.165) is 12.8 Å². The second-order valence-electron chi connectivity index (χ2n) is 3.87. The Morgan fingerprint density at radius 2 is 2.19 bits per heavy atom. The zero-order valence-electron chi connectivity index (χ0n) is 9.73. The molecule has 16 heavy (non-hydrogen) atoms. The average Bonchev–Trinajstić information content (AvgIpc) is 2.65. The maximum Gasteiger partial charge on any atom is 0.242 e. The van der Waals surface area contributed by atoms with Crippen molar-refractivity contribution < 1.29 is 9.59 Å². The van der Waals surface area contributed by atoms with Crippen LogP contribution in [0, 0.1) is 0 Å². The lowest BCUT2D eigenvalue weighted by Crippen LogP contribution is -2.50. The van der Waals surface area contributed by atoms with Crippen LogP contribution in [-0.4, -0.2) is 41.9 Å². The molecule has 0 aliphatic carbocycles. The molecule has 1 aliphatic rings. The summed E-state index contributed by atoms with van der Waals surface area (Å²) in [5.41, 5.74) is 5.53. The van der Waals surface area contributed by atoms with Gasteiger partial charge in [0.15, 0.2) is 0 Å². The number of carbonyl (C=O) groups is 2. The van der Waals surface area contributed by atoms with E-state index in [4.69, 9.17) is 5.73 Å². The first-order valence-corrected chi connectivity index (χ1v) is 5.41. The molecule has 0 saturated carbocycles. The van der Waals surface area contributed by atoms with E-state index in [1.54, 1.807) is 11.8 Å². The smallest absolute Gasteiger partial charge is 0.242 e. The van der Waals surface area contributed by atoms with Crippen molar-refractivity contribution in [2.45, 2.75) is 38.8 Å². The van der Waals surface area contributed by atoms with Crippen molar-refractivity contribution in [1.82, 2.24) is 10.2 Å². The fourth-order valence-corrected chi connectivity index (χ4v) is 1.86. The quantitative estimate of drug-likeness (QED) is 0.771. The highest BCUT2D eigenvalue weighted by molar-refractivity contribution is 8.93. The van der Waals surface area contributed by atoms with Gasteiger partial charge in [0.1, 0.15) is 6.04 Å². The Morgan fingerprint density at radius 3 is 2.69 bits per heavy atom. The van der Waals surface area contributed by atoms with Gasteiger partial charge < -0.3 is 16.0 Å². The molecule has 0 radical (unpaired) electrons. The van der Waals surface area contributed by atoms with Crippen LogP contribution >= 0.6 is 17.0 Å². The number of rotatable bonds is 3. The van der Waals surface area contributed by atoms with Crippen molar-refractivity contribution >= 4 is 28.8 Å². The molecule has 94 valence electrons. The van der Waals surface area contributed by atoms with Gasteiger partial charge in [-0.1, -0.05) is 0 Å². The predicted octanol–water partition coefficient (Wildman–Crippen LogP) is 0.0386. The minimum atomic E-state index is -0.528. The summed E-state index contributed by atoms with van der Waals surface area (Å²) in [4.78, 5) is 24.9. The van der Waals surface area contributed by atoms with Crippen molar-refractivity contribution in [3.63, 3.8) is 0 Å². The minimum absolute atomic E-state index is 0. The second kappa shape index (κ2) is 6.85. The monoisotopic (exact) mass is 293 g/mol. The van der Waals surface area contributed by atoms with Gasteiger partial charge in [0.25, 0.3) is 0 Å². The summed E-state index contributed by atoms with van der Waals surface area (Å²) in [5.74, 6) is -0.201. The minimum Gasteiger partial charge on any atom is -0.355 e. The number of halogens is 1. The Hall–Kier alpha value is -0.620. The van der Waals surface area contributed by atoms with Gasteiger partial charge in [-0.3, -0.25) is 9.59 Å². The maximum atomic E-state index is 11.7. The van der Waals surface area contributed by atoms with Crippen LogP contribution in [0.15, 0.2) is 0 Å². The zero-order chi connectivity index (χ0) is 11.4. The Labute approximate surface area is 107 Å². The molecule has 1 heterocycles. The van der Waals surface area contributed by atoms with Gasteiger partial charge in [-0.15, -0.1) is 17.0 Å². The summed E-state index contributed by atoms with van der Waals surface area (Å²) >= 11 is 0. The molecule has 0 unspecified atom stereocenters. The van der Waals surface area contributed by atoms with Gasteiger partial charge in [0, 0.05) is 13.1 Å². The molecule has 0 aromatic rings. The standard InChI is InChI=1S/C10H19N3O2.BrH/c1-3-12-9(14)8-5-4-6-13(8)10(15)7(2)11;/h7-8H,3-6,11H2,1-2H3,(H,12,14);1H/t7-,8-;/m0./s1. The Kier molecular flexibility index (Phi) is 6.59. The lowest BCUT2D eigenvalue weighted by molar-refractivity contribution is -0.139. The first kappa shape index (κ1) is 15.4. The molecule has 3 N–H and O–H groups in total. The highest BCUT2D eigenvalue weighted by atomic mass is 79.9. The third-order valence-corrected chi connectivity index (χ3v) is 2.58. The lowest BCUT2D eigenvalue weighted by atomic mass is 10.2. The molecule has 0 aromatic heterocycles. The number of amides is 2. The van der Waals surface area contributed by atoms with Crippen LogP contribution in [0.4, 0.5) is 0 Å². The number of carbonyl (C=O) groups excluding carboxylic acids is 2.